The number of carbonyl (C=O) groups is 1. The van der Waals surface area contributed by atoms with Crippen molar-refractivity contribution in [2.24, 2.45) is 11.1 Å². The second kappa shape index (κ2) is 4.31. The maximum absolute atomic E-state index is 11.0. The Morgan fingerprint density at radius 2 is 2.09 bits per heavy atom. The highest BCUT2D eigenvalue weighted by atomic mass is 16.7. The van der Waals surface area contributed by atoms with Crippen molar-refractivity contribution < 1.29 is 9.63 Å². The van der Waals surface area contributed by atoms with Gasteiger partial charge in [0.05, 0.1) is 5.41 Å². The third-order valence-corrected chi connectivity index (χ3v) is 1.02. The summed E-state index contributed by atoms with van der Waals surface area (Å²) >= 11 is 0. The van der Waals surface area contributed by atoms with Gasteiger partial charge in [0.25, 0.3) is 0 Å². The van der Waals surface area contributed by atoms with E-state index in [-0.39, 0.29) is 5.97 Å². The van der Waals surface area contributed by atoms with E-state index in [9.17, 15) is 4.79 Å². The largest absolute Gasteiger partial charge is 0.370 e. The van der Waals surface area contributed by atoms with Gasteiger partial charge >= 0.3 is 5.97 Å². The number of nitrogens with one attached hydrogen (secondary N) is 1. The van der Waals surface area contributed by atoms with Crippen LogP contribution in [0.25, 0.3) is 0 Å². The van der Waals surface area contributed by atoms with Crippen LogP contribution in [0.3, 0.4) is 0 Å². The Morgan fingerprint density at radius 3 is 2.45 bits per heavy atom. The minimum Gasteiger partial charge on any atom is -0.370 e. The molecule has 4 heteroatoms. The third-order valence-electron chi connectivity index (χ3n) is 1.02. The molecule has 0 unspecified atom stereocenters. The molecule has 0 spiro atoms. The predicted octanol–water partition coefficient (Wildman–Crippen LogP) is 0.0390. The van der Waals surface area contributed by atoms with E-state index in [0.29, 0.717) is 13.1 Å². The van der Waals surface area contributed by atoms with E-state index in [1.54, 1.807) is 20.8 Å². The Morgan fingerprint density at radius 1 is 1.55 bits per heavy atom. The van der Waals surface area contributed by atoms with Crippen molar-refractivity contribution >= 4 is 5.97 Å². The molecule has 0 saturated carbocycles. The summed E-state index contributed by atoms with van der Waals surface area (Å²) in [6.07, 6.45) is 0. The number of hydroxylamine groups is 1. The minimum absolute atomic E-state index is 0.272. The van der Waals surface area contributed by atoms with Crippen molar-refractivity contribution in [2.75, 3.05) is 13.1 Å². The lowest BCUT2D eigenvalue weighted by molar-refractivity contribution is -0.160. The zero-order valence-corrected chi connectivity index (χ0v) is 7.31. The highest BCUT2D eigenvalue weighted by Crippen LogP contribution is 2.13. The molecular formula is C7H16N2O2. The summed E-state index contributed by atoms with van der Waals surface area (Å²) in [5.74, 6) is -0.272. The van der Waals surface area contributed by atoms with Crippen LogP contribution in [0.4, 0.5) is 0 Å². The maximum atomic E-state index is 11.0. The van der Waals surface area contributed by atoms with Crippen LogP contribution in [-0.4, -0.2) is 19.1 Å². The zero-order valence-electron chi connectivity index (χ0n) is 7.31. The van der Waals surface area contributed by atoms with Gasteiger partial charge in [-0.25, -0.2) is 4.79 Å². The number of nitrogens with two attached hydrogens (primary N) is 1. The van der Waals surface area contributed by atoms with Gasteiger partial charge in [-0.1, -0.05) is 0 Å². The molecule has 0 aromatic rings. The number of hydrogen-bond donors (Lipinski definition) is 2. The Kier molecular flexibility index (Phi) is 4.07. The van der Waals surface area contributed by atoms with Crippen LogP contribution in [0.5, 0.6) is 0 Å². The summed E-state index contributed by atoms with van der Waals surface area (Å²) in [7, 11) is 0. The SMILES string of the molecule is CC(C)(C)C(=O)ONCCN. The first-order valence-corrected chi connectivity index (χ1v) is 3.62. The Labute approximate surface area is 67.0 Å². The highest BCUT2D eigenvalue weighted by molar-refractivity contribution is 5.75. The lowest BCUT2D eigenvalue weighted by Gasteiger charge is -2.15. The van der Waals surface area contributed by atoms with Crippen molar-refractivity contribution in [3.05, 3.63) is 0 Å². The lowest BCUT2D eigenvalue weighted by atomic mass is 9.98. The molecule has 66 valence electrons. The second-order valence-electron chi connectivity index (χ2n) is 3.32. The Hall–Kier alpha value is -0.610. The fourth-order valence-corrected chi connectivity index (χ4v) is 0.329. The average Bonchev–Trinajstić information content (AvgIpc) is 1.86. The monoisotopic (exact) mass is 160 g/mol. The number of rotatable bonds is 3. The molecule has 11 heavy (non-hydrogen) atoms. The topological polar surface area (TPSA) is 64.3 Å². The number of carbonyl (C=O) groups excluding carboxylic acids is 1. The van der Waals surface area contributed by atoms with Crippen molar-refractivity contribution in [3.8, 4) is 0 Å². The van der Waals surface area contributed by atoms with Crippen LogP contribution in [0, 0.1) is 5.41 Å². The van der Waals surface area contributed by atoms with Crippen LogP contribution in [0.2, 0.25) is 0 Å². The molecule has 0 heterocycles. The van der Waals surface area contributed by atoms with Gasteiger partial charge in [0, 0.05) is 13.1 Å². The van der Waals surface area contributed by atoms with Gasteiger partial charge in [-0.05, 0) is 20.8 Å². The Balaban J connectivity index is 3.54. The molecule has 0 aromatic heterocycles. The van der Waals surface area contributed by atoms with Crippen LogP contribution in [-0.2, 0) is 9.63 Å². The van der Waals surface area contributed by atoms with E-state index in [1.807, 2.05) is 0 Å². The summed E-state index contributed by atoms with van der Waals surface area (Å²) in [5.41, 5.74) is 7.18. The Bertz CT molecular complexity index is 129. The van der Waals surface area contributed by atoms with E-state index in [1.165, 1.54) is 0 Å². The molecule has 0 aliphatic rings. The van der Waals surface area contributed by atoms with Gasteiger partial charge in [0.1, 0.15) is 0 Å². The molecule has 0 aliphatic carbocycles. The van der Waals surface area contributed by atoms with Gasteiger partial charge in [-0.2, -0.15) is 5.48 Å². The van der Waals surface area contributed by atoms with E-state index in [4.69, 9.17) is 5.73 Å². The summed E-state index contributed by atoms with van der Waals surface area (Å²) in [4.78, 5) is 15.7. The molecule has 0 saturated heterocycles. The van der Waals surface area contributed by atoms with Gasteiger partial charge in [-0.15, -0.1) is 0 Å². The molecular weight excluding hydrogens is 144 g/mol. The van der Waals surface area contributed by atoms with Crippen molar-refractivity contribution in [1.29, 1.82) is 0 Å². The third kappa shape index (κ3) is 4.75. The molecule has 3 N–H and O–H groups in total. The molecule has 0 fully saturated rings. The van der Waals surface area contributed by atoms with Crippen LogP contribution >= 0.6 is 0 Å². The van der Waals surface area contributed by atoms with Gasteiger partial charge in [-0.3, -0.25) is 0 Å². The quantitative estimate of drug-likeness (QED) is 0.452. The van der Waals surface area contributed by atoms with Crippen molar-refractivity contribution in [1.82, 2.24) is 5.48 Å². The molecule has 0 radical (unpaired) electrons. The smallest absolute Gasteiger partial charge is 0.329 e. The standard InChI is InChI=1S/C7H16N2O2/c1-7(2,3)6(10)11-9-5-4-8/h9H,4-5,8H2,1-3H3. The normalized spacial score (nSPS) is 11.3. The first kappa shape index (κ1) is 10.4. The van der Waals surface area contributed by atoms with Crippen LogP contribution in [0.1, 0.15) is 20.8 Å². The van der Waals surface area contributed by atoms with Crippen LogP contribution in [0.15, 0.2) is 0 Å². The molecule has 0 rings (SSSR count). The first-order chi connectivity index (χ1) is 4.98. The van der Waals surface area contributed by atoms with Gasteiger partial charge < -0.3 is 10.6 Å². The highest BCUT2D eigenvalue weighted by Gasteiger charge is 2.22. The summed E-state index contributed by atoms with van der Waals surface area (Å²) < 4.78 is 0. The lowest BCUT2D eigenvalue weighted by Crippen LogP contribution is -2.32. The van der Waals surface area contributed by atoms with E-state index < -0.39 is 5.41 Å². The van der Waals surface area contributed by atoms with Gasteiger partial charge in [0.15, 0.2) is 0 Å². The average molecular weight is 160 g/mol. The zero-order chi connectivity index (χ0) is 8.91. The first-order valence-electron chi connectivity index (χ1n) is 3.62. The minimum atomic E-state index is -0.457. The molecule has 0 aromatic carbocycles. The predicted molar refractivity (Wildman–Crippen MR) is 42.6 cm³/mol. The van der Waals surface area contributed by atoms with E-state index in [0.717, 1.165) is 0 Å². The van der Waals surface area contributed by atoms with Gasteiger partial charge in [0.2, 0.25) is 0 Å². The van der Waals surface area contributed by atoms with E-state index in [2.05, 4.69) is 10.3 Å². The number of hydrogen-bond acceptors (Lipinski definition) is 4. The van der Waals surface area contributed by atoms with Crippen LogP contribution < -0.4 is 11.2 Å². The maximum Gasteiger partial charge on any atom is 0.329 e. The molecule has 0 atom stereocenters. The molecule has 0 aliphatic heterocycles. The van der Waals surface area contributed by atoms with Crippen molar-refractivity contribution in [2.45, 2.75) is 20.8 Å². The fraction of sp³-hybridized carbons (Fsp3) is 0.857. The summed E-state index contributed by atoms with van der Waals surface area (Å²) in [6.45, 7) is 6.32. The summed E-state index contributed by atoms with van der Waals surface area (Å²) in [6, 6.07) is 0. The molecule has 0 amide bonds. The second-order valence-corrected chi connectivity index (χ2v) is 3.32. The molecule has 0 bridgehead atoms. The van der Waals surface area contributed by atoms with Crippen molar-refractivity contribution in [3.63, 3.8) is 0 Å². The summed E-state index contributed by atoms with van der Waals surface area (Å²) in [5, 5.41) is 0. The molecule has 4 nitrogen and oxygen atoms in total. The van der Waals surface area contributed by atoms with E-state index >= 15 is 0 Å². The fourth-order valence-electron chi connectivity index (χ4n) is 0.329.